The summed E-state index contributed by atoms with van der Waals surface area (Å²) in [6, 6.07) is 27.0. The lowest BCUT2D eigenvalue weighted by Gasteiger charge is -2.33. The van der Waals surface area contributed by atoms with Crippen LogP contribution in [0.25, 0.3) is 0 Å². The molecule has 0 saturated carbocycles. The van der Waals surface area contributed by atoms with E-state index in [4.69, 9.17) is 5.73 Å². The summed E-state index contributed by atoms with van der Waals surface area (Å²) in [4.78, 5) is 4.52. The Morgan fingerprint density at radius 2 is 1.21 bits per heavy atom. The maximum Gasteiger partial charge on any atom is 0.206 e. The Hall–Kier alpha value is -3.04. The van der Waals surface area contributed by atoms with E-state index in [9.17, 15) is 0 Å². The maximum atomic E-state index is 15.4. The molecule has 0 bridgehead atoms. The zero-order valence-corrected chi connectivity index (χ0v) is 21.1. The molecule has 174 valence electrons. The summed E-state index contributed by atoms with van der Waals surface area (Å²) in [6.45, 7) is 8.11. The highest BCUT2D eigenvalue weighted by Crippen LogP contribution is 2.47. The van der Waals surface area contributed by atoms with Crippen LogP contribution in [0.3, 0.4) is 0 Å². The van der Waals surface area contributed by atoms with Gasteiger partial charge in [0.25, 0.3) is 0 Å². The van der Waals surface area contributed by atoms with Gasteiger partial charge in [-0.1, -0.05) is 72.8 Å². The molecule has 0 radical (unpaired) electrons. The number of benzene rings is 3. The molecule has 4 aromatic rings. The summed E-state index contributed by atoms with van der Waals surface area (Å²) in [7, 11) is -3.33. The van der Waals surface area contributed by atoms with Crippen molar-refractivity contribution in [2.75, 3.05) is 0 Å². The largest absolute Gasteiger partial charge is 0.321 e. The summed E-state index contributed by atoms with van der Waals surface area (Å²) in [5, 5.41) is 5.33. The van der Waals surface area contributed by atoms with Crippen LogP contribution in [-0.4, -0.2) is 4.98 Å². The summed E-state index contributed by atoms with van der Waals surface area (Å²) in [6.07, 6.45) is 1.74. The van der Waals surface area contributed by atoms with Crippen molar-refractivity contribution in [3.63, 3.8) is 0 Å². The SMILES string of the molecule is Cc1cccc(C)c1P(=O)(NC(c1ccccc1)C(N)c1ccccn1)c1c(C)cccc1C. The van der Waals surface area contributed by atoms with Crippen LogP contribution in [0.1, 0.15) is 45.6 Å². The van der Waals surface area contributed by atoms with Gasteiger partial charge in [0.05, 0.1) is 17.8 Å². The fraction of sp³-hybridized carbons (Fsp3) is 0.207. The first-order chi connectivity index (χ1) is 16.3. The first-order valence-electron chi connectivity index (χ1n) is 11.6. The average Bonchev–Trinajstić information content (AvgIpc) is 2.83. The summed E-state index contributed by atoms with van der Waals surface area (Å²) in [5.74, 6) is 0. The first kappa shape index (κ1) is 24.1. The third-order valence-electron chi connectivity index (χ3n) is 6.38. The minimum Gasteiger partial charge on any atom is -0.321 e. The summed E-state index contributed by atoms with van der Waals surface area (Å²) in [5.41, 5.74) is 12.5. The van der Waals surface area contributed by atoms with Crippen LogP contribution in [-0.2, 0) is 4.57 Å². The van der Waals surface area contributed by atoms with Crippen molar-refractivity contribution in [3.05, 3.63) is 125 Å². The van der Waals surface area contributed by atoms with Gasteiger partial charge >= 0.3 is 0 Å². The molecule has 0 fully saturated rings. The zero-order chi connectivity index (χ0) is 24.3. The predicted octanol–water partition coefficient (Wildman–Crippen LogP) is 5.58. The van der Waals surface area contributed by atoms with Gasteiger partial charge in [0, 0.05) is 16.8 Å². The van der Waals surface area contributed by atoms with Crippen molar-refractivity contribution in [3.8, 4) is 0 Å². The molecular formula is C29H32N3OP. The number of hydrogen-bond donors (Lipinski definition) is 2. The fourth-order valence-electron chi connectivity index (χ4n) is 4.81. The molecule has 0 aliphatic carbocycles. The van der Waals surface area contributed by atoms with E-state index in [-0.39, 0.29) is 0 Å². The average molecular weight is 470 g/mol. The second-order valence-corrected chi connectivity index (χ2v) is 11.3. The number of nitrogens with zero attached hydrogens (tertiary/aromatic N) is 1. The van der Waals surface area contributed by atoms with Gasteiger partial charge in [-0.25, -0.2) is 0 Å². The monoisotopic (exact) mass is 469 g/mol. The van der Waals surface area contributed by atoms with Crippen LogP contribution < -0.4 is 21.4 Å². The van der Waals surface area contributed by atoms with Gasteiger partial charge in [0.15, 0.2) is 0 Å². The van der Waals surface area contributed by atoms with Gasteiger partial charge in [-0.2, -0.15) is 0 Å². The fourth-order valence-corrected chi connectivity index (χ4v) is 8.28. The molecular weight excluding hydrogens is 437 g/mol. The van der Waals surface area contributed by atoms with Crippen molar-refractivity contribution in [1.82, 2.24) is 10.1 Å². The molecule has 0 spiro atoms. The van der Waals surface area contributed by atoms with Gasteiger partial charge in [0.1, 0.15) is 0 Å². The Kier molecular flexibility index (Phi) is 7.13. The number of aromatic nitrogens is 1. The molecule has 0 aliphatic rings. The second kappa shape index (κ2) is 10.1. The van der Waals surface area contributed by atoms with E-state index in [1.807, 2.05) is 113 Å². The lowest BCUT2D eigenvalue weighted by atomic mass is 9.98. The summed E-state index contributed by atoms with van der Waals surface area (Å²) < 4.78 is 15.4. The van der Waals surface area contributed by atoms with Crippen molar-refractivity contribution in [2.24, 2.45) is 5.73 Å². The Balaban J connectivity index is 1.96. The Morgan fingerprint density at radius 3 is 1.68 bits per heavy atom. The van der Waals surface area contributed by atoms with E-state index >= 15 is 4.57 Å². The second-order valence-electron chi connectivity index (χ2n) is 8.89. The highest BCUT2D eigenvalue weighted by molar-refractivity contribution is 7.77. The zero-order valence-electron chi connectivity index (χ0n) is 20.2. The van der Waals surface area contributed by atoms with E-state index in [1.165, 1.54) is 0 Å². The third-order valence-corrected chi connectivity index (χ3v) is 9.69. The van der Waals surface area contributed by atoms with Crippen LogP contribution in [0, 0.1) is 27.7 Å². The first-order valence-corrected chi connectivity index (χ1v) is 13.3. The van der Waals surface area contributed by atoms with Crippen molar-refractivity contribution in [2.45, 2.75) is 39.8 Å². The molecule has 5 heteroatoms. The topological polar surface area (TPSA) is 68.0 Å². The lowest BCUT2D eigenvalue weighted by Crippen LogP contribution is -2.39. The van der Waals surface area contributed by atoms with Crippen molar-refractivity contribution in [1.29, 1.82) is 0 Å². The van der Waals surface area contributed by atoms with Gasteiger partial charge in [-0.15, -0.1) is 0 Å². The van der Waals surface area contributed by atoms with E-state index < -0.39 is 19.4 Å². The molecule has 0 aliphatic heterocycles. The molecule has 1 aromatic heterocycles. The Bertz CT molecular complexity index is 1230. The lowest BCUT2D eigenvalue weighted by molar-refractivity contribution is 0.503. The number of rotatable bonds is 7. The Labute approximate surface area is 202 Å². The minimum absolute atomic E-state index is 0.417. The normalized spacial score (nSPS) is 13.4. The van der Waals surface area contributed by atoms with Crippen molar-refractivity contribution >= 4 is 17.9 Å². The van der Waals surface area contributed by atoms with Gasteiger partial charge in [0.2, 0.25) is 7.29 Å². The third kappa shape index (κ3) is 4.63. The number of pyridine rings is 1. The molecule has 2 unspecified atom stereocenters. The van der Waals surface area contributed by atoms with E-state index in [0.29, 0.717) is 0 Å². The van der Waals surface area contributed by atoms with Crippen LogP contribution in [0.15, 0.2) is 91.1 Å². The molecule has 3 aromatic carbocycles. The van der Waals surface area contributed by atoms with E-state index in [2.05, 4.69) is 10.1 Å². The number of nitrogens with two attached hydrogens (primary N) is 1. The maximum absolute atomic E-state index is 15.4. The van der Waals surface area contributed by atoms with Crippen LogP contribution in [0.4, 0.5) is 0 Å². The Morgan fingerprint density at radius 1 is 0.706 bits per heavy atom. The summed E-state index contributed by atoms with van der Waals surface area (Å²) >= 11 is 0. The smallest absolute Gasteiger partial charge is 0.206 e. The van der Waals surface area contributed by atoms with Gasteiger partial charge in [-0.05, 0) is 67.6 Å². The molecule has 0 amide bonds. The van der Waals surface area contributed by atoms with Gasteiger partial charge in [-0.3, -0.25) is 14.6 Å². The minimum atomic E-state index is -3.33. The number of hydrogen-bond acceptors (Lipinski definition) is 3. The molecule has 0 saturated heterocycles. The van der Waals surface area contributed by atoms with Crippen LogP contribution in [0.2, 0.25) is 0 Å². The van der Waals surface area contributed by atoms with E-state index in [1.54, 1.807) is 6.20 Å². The molecule has 2 atom stereocenters. The number of nitrogens with one attached hydrogen (secondary N) is 1. The van der Waals surface area contributed by atoms with E-state index in [0.717, 1.165) is 44.1 Å². The van der Waals surface area contributed by atoms with Gasteiger partial charge < -0.3 is 5.73 Å². The molecule has 4 nitrogen and oxygen atoms in total. The van der Waals surface area contributed by atoms with Crippen LogP contribution in [0.5, 0.6) is 0 Å². The molecule has 4 rings (SSSR count). The highest BCUT2D eigenvalue weighted by atomic mass is 31.2. The molecule has 3 N–H and O–H groups in total. The quantitative estimate of drug-likeness (QED) is 0.347. The predicted molar refractivity (Wildman–Crippen MR) is 142 cm³/mol. The number of aryl methyl sites for hydroxylation is 4. The molecule has 34 heavy (non-hydrogen) atoms. The standard InChI is InChI=1S/C29H32N3OP/c1-20-12-10-13-21(2)28(20)34(33,29-22(3)14-11-15-23(29)4)32-27(24-16-6-5-7-17-24)26(30)25-18-8-9-19-31-25/h5-19,26-27H,30H2,1-4H3,(H,32,33). The van der Waals surface area contributed by atoms with Crippen molar-refractivity contribution < 1.29 is 4.57 Å². The molecule has 1 heterocycles. The highest BCUT2D eigenvalue weighted by Gasteiger charge is 2.38. The van der Waals surface area contributed by atoms with Crippen LogP contribution >= 0.6 is 7.29 Å².